The molecule has 0 aromatic carbocycles. The Bertz CT molecular complexity index is 398. The van der Waals surface area contributed by atoms with E-state index in [1.165, 1.54) is 0 Å². The van der Waals surface area contributed by atoms with Crippen LogP contribution in [0, 0.1) is 0 Å². The Morgan fingerprint density at radius 2 is 2.27 bits per heavy atom. The van der Waals surface area contributed by atoms with Gasteiger partial charge in [0.2, 0.25) is 0 Å². The average Bonchev–Trinajstić information content (AvgIpc) is 2.16. The lowest BCUT2D eigenvalue weighted by Gasteiger charge is -2.08. The fourth-order valence-electron chi connectivity index (χ4n) is 1.04. The lowest BCUT2D eigenvalue weighted by atomic mass is 10.1. The quantitative estimate of drug-likeness (QED) is 0.833. The molecular weight excluding hydrogens is 274 g/mol. The molecule has 4 nitrogen and oxygen atoms in total. The predicted molar refractivity (Wildman–Crippen MR) is 53.2 cm³/mol. The van der Waals surface area contributed by atoms with Gasteiger partial charge < -0.3 is 10.8 Å². The van der Waals surface area contributed by atoms with Gasteiger partial charge in [-0.05, 0) is 6.07 Å². The van der Waals surface area contributed by atoms with Gasteiger partial charge in [0.1, 0.15) is 5.69 Å². The topological polar surface area (TPSA) is 76.2 Å². The van der Waals surface area contributed by atoms with Crippen LogP contribution >= 0.6 is 15.9 Å². The second-order valence-electron chi connectivity index (χ2n) is 2.70. The summed E-state index contributed by atoms with van der Waals surface area (Å²) < 4.78 is 24.7. The number of alkyl halides is 3. The van der Waals surface area contributed by atoms with Gasteiger partial charge in [-0.3, -0.25) is 0 Å². The molecule has 0 spiro atoms. The Hall–Kier alpha value is -1.24. The highest BCUT2D eigenvalue weighted by molar-refractivity contribution is 9.08. The molecule has 15 heavy (non-hydrogen) atoms. The Kier molecular flexibility index (Phi) is 3.57. The van der Waals surface area contributed by atoms with Crippen molar-refractivity contribution < 1.29 is 18.7 Å². The highest BCUT2D eigenvalue weighted by Crippen LogP contribution is 2.26. The second kappa shape index (κ2) is 4.52. The van der Waals surface area contributed by atoms with Gasteiger partial charge in [-0.2, -0.15) is 0 Å². The fourth-order valence-corrected chi connectivity index (χ4v) is 1.47. The van der Waals surface area contributed by atoms with Crippen molar-refractivity contribution in [1.82, 2.24) is 4.98 Å². The van der Waals surface area contributed by atoms with Crippen molar-refractivity contribution in [2.24, 2.45) is 0 Å². The summed E-state index contributed by atoms with van der Waals surface area (Å²) in [5, 5.41) is 8.82. The third-order valence-electron chi connectivity index (χ3n) is 1.73. The molecule has 0 unspecified atom stereocenters. The summed E-state index contributed by atoms with van der Waals surface area (Å²) in [7, 11) is 0. The number of nitrogen functional groups attached to an aromatic ring is 1. The van der Waals surface area contributed by atoms with Crippen LogP contribution in [0.4, 0.5) is 14.5 Å². The van der Waals surface area contributed by atoms with E-state index in [0.29, 0.717) is 0 Å². The van der Waals surface area contributed by atoms with Gasteiger partial charge in [-0.15, -0.1) is 0 Å². The van der Waals surface area contributed by atoms with E-state index in [1.54, 1.807) is 0 Å². The van der Waals surface area contributed by atoms with Crippen molar-refractivity contribution in [3.05, 3.63) is 23.0 Å². The van der Waals surface area contributed by atoms with Gasteiger partial charge in [0, 0.05) is 5.33 Å². The van der Waals surface area contributed by atoms with Crippen molar-refractivity contribution in [3.8, 4) is 0 Å². The summed E-state index contributed by atoms with van der Waals surface area (Å²) in [6.45, 7) is 0. The third-order valence-corrected chi connectivity index (χ3v) is 2.26. The van der Waals surface area contributed by atoms with Crippen molar-refractivity contribution in [2.75, 3.05) is 5.73 Å². The molecule has 7 heteroatoms. The summed E-state index contributed by atoms with van der Waals surface area (Å²) in [5.41, 5.74) is 4.22. The number of carboxylic acids is 1. The Labute approximate surface area is 92.2 Å². The second-order valence-corrected chi connectivity index (χ2v) is 3.26. The third kappa shape index (κ3) is 2.41. The van der Waals surface area contributed by atoms with Crippen LogP contribution < -0.4 is 5.73 Å². The minimum atomic E-state index is -2.81. The Morgan fingerprint density at radius 3 is 2.67 bits per heavy atom. The van der Waals surface area contributed by atoms with E-state index in [2.05, 4.69) is 20.9 Å². The van der Waals surface area contributed by atoms with E-state index in [-0.39, 0.29) is 22.3 Å². The number of nitrogens with zero attached hydrogens (tertiary/aromatic N) is 1. The van der Waals surface area contributed by atoms with E-state index in [1.807, 2.05) is 0 Å². The standard InChI is InChI=1S/C8H7BrF2N2O2/c9-2-5-3(8(14)15)1-4(12)6(13-5)7(10)11/h1,7H,2,12H2,(H,14,15). The predicted octanol–water partition coefficient (Wildman–Crippen LogP) is 2.19. The minimum absolute atomic E-state index is 0.0343. The largest absolute Gasteiger partial charge is 0.478 e. The number of carbonyl (C=O) groups is 1. The van der Waals surface area contributed by atoms with Gasteiger partial charge >= 0.3 is 5.97 Å². The number of anilines is 1. The fraction of sp³-hybridized carbons (Fsp3) is 0.250. The van der Waals surface area contributed by atoms with Crippen LogP contribution in [-0.2, 0) is 5.33 Å². The maximum Gasteiger partial charge on any atom is 0.337 e. The number of halogens is 3. The molecule has 0 bridgehead atoms. The van der Waals surface area contributed by atoms with Crippen LogP contribution in [0.1, 0.15) is 28.2 Å². The average molecular weight is 281 g/mol. The maximum absolute atomic E-state index is 12.4. The molecule has 82 valence electrons. The summed E-state index contributed by atoms with van der Waals surface area (Å²) in [6, 6.07) is 0.993. The number of aromatic carboxylic acids is 1. The molecule has 1 rings (SSSR count). The lowest BCUT2D eigenvalue weighted by Crippen LogP contribution is -2.09. The number of rotatable bonds is 3. The number of hydrogen-bond acceptors (Lipinski definition) is 3. The first-order valence-electron chi connectivity index (χ1n) is 3.84. The van der Waals surface area contributed by atoms with Gasteiger partial charge in [-0.1, -0.05) is 15.9 Å². The first kappa shape index (κ1) is 11.8. The summed E-state index contributed by atoms with van der Waals surface area (Å²) in [6.07, 6.45) is -2.81. The number of nitrogens with two attached hydrogens (primary N) is 1. The summed E-state index contributed by atoms with van der Waals surface area (Å²) in [4.78, 5) is 14.2. The number of carboxylic acid groups (broad SMARTS) is 1. The molecule has 0 amide bonds. The van der Waals surface area contributed by atoms with Gasteiger partial charge in [-0.25, -0.2) is 18.6 Å². The zero-order chi connectivity index (χ0) is 11.6. The Morgan fingerprint density at radius 1 is 1.67 bits per heavy atom. The van der Waals surface area contributed by atoms with E-state index < -0.39 is 18.1 Å². The van der Waals surface area contributed by atoms with Gasteiger partial charge in [0.15, 0.2) is 0 Å². The molecule has 1 heterocycles. The minimum Gasteiger partial charge on any atom is -0.478 e. The van der Waals surface area contributed by atoms with E-state index in [4.69, 9.17) is 10.8 Å². The zero-order valence-corrected chi connectivity index (χ0v) is 8.96. The van der Waals surface area contributed by atoms with Crippen molar-refractivity contribution in [1.29, 1.82) is 0 Å². The van der Waals surface area contributed by atoms with Gasteiger partial charge in [0.25, 0.3) is 6.43 Å². The van der Waals surface area contributed by atoms with Crippen molar-refractivity contribution in [3.63, 3.8) is 0 Å². The molecule has 3 N–H and O–H groups in total. The molecule has 0 radical (unpaired) electrons. The maximum atomic E-state index is 12.4. The summed E-state index contributed by atoms with van der Waals surface area (Å²) in [5.74, 6) is -1.25. The van der Waals surface area contributed by atoms with Crippen LogP contribution in [0.5, 0.6) is 0 Å². The molecule has 0 saturated heterocycles. The smallest absolute Gasteiger partial charge is 0.337 e. The first-order chi connectivity index (χ1) is 6.97. The number of pyridine rings is 1. The molecule has 0 atom stereocenters. The summed E-state index contributed by atoms with van der Waals surface area (Å²) >= 11 is 2.97. The van der Waals surface area contributed by atoms with Gasteiger partial charge in [0.05, 0.1) is 16.9 Å². The zero-order valence-electron chi connectivity index (χ0n) is 7.38. The monoisotopic (exact) mass is 280 g/mol. The van der Waals surface area contributed by atoms with E-state index >= 15 is 0 Å². The highest BCUT2D eigenvalue weighted by Gasteiger charge is 2.19. The lowest BCUT2D eigenvalue weighted by molar-refractivity contribution is 0.0694. The molecule has 1 aromatic rings. The number of aromatic nitrogens is 1. The van der Waals surface area contributed by atoms with E-state index in [0.717, 1.165) is 6.07 Å². The Balaban J connectivity index is 3.35. The molecule has 0 saturated carbocycles. The molecule has 0 aliphatic carbocycles. The van der Waals surface area contributed by atoms with Crippen LogP contribution in [0.15, 0.2) is 6.07 Å². The van der Waals surface area contributed by atoms with Crippen molar-refractivity contribution >= 4 is 27.6 Å². The van der Waals surface area contributed by atoms with Crippen LogP contribution in [0.3, 0.4) is 0 Å². The number of hydrogen-bond donors (Lipinski definition) is 2. The SMILES string of the molecule is Nc1cc(C(=O)O)c(CBr)nc1C(F)F. The molecular formula is C8H7BrF2N2O2. The first-order valence-corrected chi connectivity index (χ1v) is 4.96. The van der Waals surface area contributed by atoms with Crippen molar-refractivity contribution in [2.45, 2.75) is 11.8 Å². The molecule has 0 aliphatic rings. The molecule has 0 fully saturated rings. The molecule has 0 aliphatic heterocycles. The normalized spacial score (nSPS) is 10.7. The highest BCUT2D eigenvalue weighted by atomic mass is 79.9. The van der Waals surface area contributed by atoms with Crippen LogP contribution in [0.25, 0.3) is 0 Å². The van der Waals surface area contributed by atoms with Crippen LogP contribution in [0.2, 0.25) is 0 Å². The molecule has 1 aromatic heterocycles. The van der Waals surface area contributed by atoms with Crippen LogP contribution in [-0.4, -0.2) is 16.1 Å². The van der Waals surface area contributed by atoms with E-state index in [9.17, 15) is 13.6 Å².